The van der Waals surface area contributed by atoms with E-state index in [2.05, 4.69) is 5.32 Å². The quantitative estimate of drug-likeness (QED) is 0.910. The van der Waals surface area contributed by atoms with E-state index >= 15 is 0 Å². The first-order chi connectivity index (χ1) is 10.7. The number of rotatable bonds is 5. The van der Waals surface area contributed by atoms with E-state index in [1.807, 2.05) is 42.5 Å². The van der Waals surface area contributed by atoms with E-state index in [0.717, 1.165) is 17.5 Å². The van der Waals surface area contributed by atoms with E-state index in [0.29, 0.717) is 12.5 Å². The molecule has 1 amide bonds. The lowest BCUT2D eigenvalue weighted by atomic mass is 10.1. The Morgan fingerprint density at radius 3 is 2.64 bits per heavy atom. The molecule has 1 aliphatic carbocycles. The Morgan fingerprint density at radius 2 is 1.86 bits per heavy atom. The maximum absolute atomic E-state index is 13.6. The van der Waals surface area contributed by atoms with E-state index in [9.17, 15) is 9.18 Å². The van der Waals surface area contributed by atoms with Crippen LogP contribution in [-0.4, -0.2) is 12.6 Å². The summed E-state index contributed by atoms with van der Waals surface area (Å²) in [4.78, 5) is 11.7. The van der Waals surface area contributed by atoms with Gasteiger partial charge in [-0.05, 0) is 35.4 Å². The van der Waals surface area contributed by atoms with Crippen LogP contribution in [0, 0.1) is 11.7 Å². The summed E-state index contributed by atoms with van der Waals surface area (Å²) in [6, 6.07) is 16.4. The second-order valence-corrected chi connectivity index (χ2v) is 5.57. The van der Waals surface area contributed by atoms with Crippen LogP contribution in [0.3, 0.4) is 0 Å². The number of halogens is 1. The lowest BCUT2D eigenvalue weighted by Gasteiger charge is -2.07. The molecule has 2 aromatic rings. The Kier molecular flexibility index (Phi) is 4.37. The molecule has 1 aliphatic rings. The van der Waals surface area contributed by atoms with Crippen LogP contribution < -0.4 is 5.32 Å². The van der Waals surface area contributed by atoms with Crippen molar-refractivity contribution in [2.45, 2.75) is 18.9 Å². The maximum atomic E-state index is 13.6. The summed E-state index contributed by atoms with van der Waals surface area (Å²) in [5.74, 6) is 0.332. The van der Waals surface area contributed by atoms with Crippen molar-refractivity contribution in [1.82, 2.24) is 5.32 Å². The second-order valence-electron chi connectivity index (χ2n) is 5.57. The normalized spacial score (nSPS) is 19.5. The Labute approximate surface area is 129 Å². The molecule has 2 aromatic carbocycles. The van der Waals surface area contributed by atoms with Gasteiger partial charge in [0, 0.05) is 6.54 Å². The minimum absolute atomic E-state index is 0.165. The molecule has 0 heterocycles. The molecular formula is C18H18FNO2. The van der Waals surface area contributed by atoms with Crippen LogP contribution in [-0.2, 0) is 11.3 Å². The van der Waals surface area contributed by atoms with Gasteiger partial charge in [0.05, 0.1) is 0 Å². The average Bonchev–Trinajstić information content (AvgIpc) is 3.32. The first-order valence-electron chi connectivity index (χ1n) is 7.43. The maximum Gasteiger partial charge on any atom is 0.407 e. The standard InChI is InChI=1S/C18H18FNO2/c19-17-9-5-4-8-15(17)16-10-14(16)11-20-18(21)22-12-13-6-2-1-3-7-13/h1-9,14,16H,10-12H2,(H,20,21)/t14-,16+/m0/s1. The second kappa shape index (κ2) is 6.60. The number of amides is 1. The molecule has 3 nitrogen and oxygen atoms in total. The van der Waals surface area contributed by atoms with Gasteiger partial charge in [0.15, 0.2) is 0 Å². The van der Waals surface area contributed by atoms with Gasteiger partial charge < -0.3 is 10.1 Å². The molecule has 2 atom stereocenters. The van der Waals surface area contributed by atoms with Crippen molar-refractivity contribution in [1.29, 1.82) is 0 Å². The predicted molar refractivity (Wildman–Crippen MR) is 81.9 cm³/mol. The van der Waals surface area contributed by atoms with Crippen LogP contribution in [0.2, 0.25) is 0 Å². The van der Waals surface area contributed by atoms with Gasteiger partial charge in [0.2, 0.25) is 0 Å². The monoisotopic (exact) mass is 299 g/mol. The highest BCUT2D eigenvalue weighted by molar-refractivity contribution is 5.67. The largest absolute Gasteiger partial charge is 0.445 e. The van der Waals surface area contributed by atoms with Gasteiger partial charge in [0.25, 0.3) is 0 Å². The van der Waals surface area contributed by atoms with E-state index in [1.165, 1.54) is 6.07 Å². The minimum Gasteiger partial charge on any atom is -0.445 e. The van der Waals surface area contributed by atoms with Crippen molar-refractivity contribution in [2.75, 3.05) is 6.54 Å². The van der Waals surface area contributed by atoms with Gasteiger partial charge in [0.1, 0.15) is 12.4 Å². The molecule has 0 aliphatic heterocycles. The van der Waals surface area contributed by atoms with Gasteiger partial charge in [-0.1, -0.05) is 48.5 Å². The molecule has 0 aromatic heterocycles. The van der Waals surface area contributed by atoms with E-state index in [1.54, 1.807) is 6.07 Å². The summed E-state index contributed by atoms with van der Waals surface area (Å²) in [6.45, 7) is 0.778. The summed E-state index contributed by atoms with van der Waals surface area (Å²) >= 11 is 0. The number of benzene rings is 2. The highest BCUT2D eigenvalue weighted by Crippen LogP contribution is 2.47. The van der Waals surface area contributed by atoms with Crippen LogP contribution in [0.15, 0.2) is 54.6 Å². The van der Waals surface area contributed by atoms with Crippen molar-refractivity contribution >= 4 is 6.09 Å². The van der Waals surface area contributed by atoms with Crippen LogP contribution >= 0.6 is 0 Å². The summed E-state index contributed by atoms with van der Waals surface area (Å²) in [5.41, 5.74) is 1.69. The molecule has 0 unspecified atom stereocenters. The van der Waals surface area contributed by atoms with Crippen LogP contribution in [0.1, 0.15) is 23.5 Å². The zero-order valence-corrected chi connectivity index (χ0v) is 12.2. The summed E-state index contributed by atoms with van der Waals surface area (Å²) < 4.78 is 18.8. The minimum atomic E-state index is -0.428. The molecule has 0 bridgehead atoms. The highest BCUT2D eigenvalue weighted by Gasteiger charge is 2.39. The van der Waals surface area contributed by atoms with E-state index in [4.69, 9.17) is 4.74 Å². The Morgan fingerprint density at radius 1 is 1.14 bits per heavy atom. The van der Waals surface area contributed by atoms with Crippen molar-refractivity contribution in [2.24, 2.45) is 5.92 Å². The predicted octanol–water partition coefficient (Wildman–Crippen LogP) is 3.86. The smallest absolute Gasteiger partial charge is 0.407 e. The summed E-state index contributed by atoms with van der Waals surface area (Å²) in [7, 11) is 0. The van der Waals surface area contributed by atoms with E-state index < -0.39 is 6.09 Å². The molecule has 4 heteroatoms. The SMILES string of the molecule is O=C(NC[C@@H]1C[C@H]1c1ccccc1F)OCc1ccccc1. The molecular weight excluding hydrogens is 281 g/mol. The van der Waals surface area contributed by atoms with Crippen molar-refractivity contribution < 1.29 is 13.9 Å². The Hall–Kier alpha value is -2.36. The number of nitrogens with one attached hydrogen (secondary N) is 1. The van der Waals surface area contributed by atoms with E-state index in [-0.39, 0.29) is 18.3 Å². The average molecular weight is 299 g/mol. The topological polar surface area (TPSA) is 38.3 Å². The zero-order valence-electron chi connectivity index (χ0n) is 12.2. The fraction of sp³-hybridized carbons (Fsp3) is 0.278. The van der Waals surface area contributed by atoms with Gasteiger partial charge in [-0.25, -0.2) is 9.18 Å². The van der Waals surface area contributed by atoms with Crippen molar-refractivity contribution in [3.05, 3.63) is 71.5 Å². The molecule has 22 heavy (non-hydrogen) atoms. The van der Waals surface area contributed by atoms with Crippen LogP contribution in [0.25, 0.3) is 0 Å². The number of hydrogen-bond acceptors (Lipinski definition) is 2. The third-order valence-corrected chi connectivity index (χ3v) is 3.95. The number of ether oxygens (including phenoxy) is 1. The Balaban J connectivity index is 1.41. The fourth-order valence-electron chi connectivity index (χ4n) is 2.62. The Bertz CT molecular complexity index is 645. The van der Waals surface area contributed by atoms with Crippen LogP contribution in [0.5, 0.6) is 0 Å². The fourth-order valence-corrected chi connectivity index (χ4v) is 2.62. The number of alkyl carbamates (subject to hydrolysis) is 1. The highest BCUT2D eigenvalue weighted by atomic mass is 19.1. The molecule has 0 spiro atoms. The van der Waals surface area contributed by atoms with Gasteiger partial charge in [-0.3, -0.25) is 0 Å². The molecule has 0 radical (unpaired) electrons. The van der Waals surface area contributed by atoms with Gasteiger partial charge >= 0.3 is 6.09 Å². The lowest BCUT2D eigenvalue weighted by Crippen LogP contribution is -2.26. The number of hydrogen-bond donors (Lipinski definition) is 1. The third kappa shape index (κ3) is 3.64. The van der Waals surface area contributed by atoms with Crippen LogP contribution in [0.4, 0.5) is 9.18 Å². The zero-order chi connectivity index (χ0) is 15.4. The molecule has 3 rings (SSSR count). The van der Waals surface area contributed by atoms with Gasteiger partial charge in [-0.2, -0.15) is 0 Å². The van der Waals surface area contributed by atoms with Crippen molar-refractivity contribution in [3.8, 4) is 0 Å². The lowest BCUT2D eigenvalue weighted by molar-refractivity contribution is 0.139. The first kappa shape index (κ1) is 14.6. The van der Waals surface area contributed by atoms with Crippen molar-refractivity contribution in [3.63, 3.8) is 0 Å². The van der Waals surface area contributed by atoms with Gasteiger partial charge in [-0.15, -0.1) is 0 Å². The molecule has 1 saturated carbocycles. The molecule has 114 valence electrons. The number of carbonyl (C=O) groups is 1. The summed E-state index contributed by atoms with van der Waals surface area (Å²) in [5, 5.41) is 2.75. The summed E-state index contributed by atoms with van der Waals surface area (Å²) in [6.07, 6.45) is 0.475. The first-order valence-corrected chi connectivity index (χ1v) is 7.43. The number of carbonyl (C=O) groups excluding carboxylic acids is 1. The molecule has 0 saturated heterocycles. The third-order valence-electron chi connectivity index (χ3n) is 3.95. The molecule has 1 fully saturated rings. The molecule has 1 N–H and O–H groups in total.